The second-order valence-corrected chi connectivity index (χ2v) is 7.68. The lowest BCUT2D eigenvalue weighted by Crippen LogP contribution is -2.24. The lowest BCUT2D eigenvalue weighted by Gasteiger charge is -2.18. The van der Waals surface area contributed by atoms with Crippen LogP contribution in [0.3, 0.4) is 0 Å². The summed E-state index contributed by atoms with van der Waals surface area (Å²) in [6.45, 7) is 1.43. The summed E-state index contributed by atoms with van der Waals surface area (Å²) in [6, 6.07) is 16.6. The molecule has 0 fully saturated rings. The Kier molecular flexibility index (Phi) is 5.47. The van der Waals surface area contributed by atoms with E-state index in [1.807, 2.05) is 42.5 Å². The normalized spacial score (nSPS) is 12.4. The fraction of sp³-hybridized carbons (Fsp3) is 0.125. The van der Waals surface area contributed by atoms with Gasteiger partial charge in [0.15, 0.2) is 11.5 Å². The second kappa shape index (κ2) is 8.72. The van der Waals surface area contributed by atoms with Gasteiger partial charge in [0, 0.05) is 23.2 Å². The number of pyridine rings is 2. The van der Waals surface area contributed by atoms with Gasteiger partial charge < -0.3 is 20.1 Å². The topological polar surface area (TPSA) is 85.4 Å². The Hall–Kier alpha value is -3.84. The third kappa shape index (κ3) is 4.29. The minimum Gasteiger partial charge on any atom is -0.486 e. The van der Waals surface area contributed by atoms with Crippen LogP contribution in [0, 0.1) is 0 Å². The van der Waals surface area contributed by atoms with E-state index in [9.17, 15) is 4.79 Å². The Labute approximate surface area is 189 Å². The summed E-state index contributed by atoms with van der Waals surface area (Å²) in [7, 11) is 0. The summed E-state index contributed by atoms with van der Waals surface area (Å²) in [4.78, 5) is 21.2. The highest BCUT2D eigenvalue weighted by Crippen LogP contribution is 2.31. The number of nitrogens with zero attached hydrogens (tertiary/aromatic N) is 2. The lowest BCUT2D eigenvalue weighted by atomic mass is 10.1. The molecule has 8 heteroatoms. The van der Waals surface area contributed by atoms with Crippen molar-refractivity contribution < 1.29 is 14.3 Å². The average molecular weight is 447 g/mol. The molecule has 7 nitrogen and oxygen atoms in total. The summed E-state index contributed by atoms with van der Waals surface area (Å²) < 4.78 is 11.1. The van der Waals surface area contributed by atoms with E-state index in [4.69, 9.17) is 21.1 Å². The van der Waals surface area contributed by atoms with Gasteiger partial charge in [-0.1, -0.05) is 23.7 Å². The number of hydrogen-bond acceptors (Lipinski definition) is 6. The Bertz CT molecular complexity index is 1290. The molecule has 1 aliphatic rings. The average Bonchev–Trinajstić information content (AvgIpc) is 2.83. The zero-order chi connectivity index (χ0) is 21.9. The molecule has 0 bridgehead atoms. The molecule has 0 unspecified atom stereocenters. The van der Waals surface area contributed by atoms with Crippen LogP contribution in [0.2, 0.25) is 5.02 Å². The number of ether oxygens (including phenoxy) is 2. The van der Waals surface area contributed by atoms with E-state index in [1.165, 1.54) is 0 Å². The minimum absolute atomic E-state index is 0.262. The highest BCUT2D eigenvalue weighted by Gasteiger charge is 2.13. The molecule has 0 saturated heterocycles. The Balaban J connectivity index is 1.25. The first-order valence-corrected chi connectivity index (χ1v) is 10.5. The molecule has 2 aromatic carbocycles. The fourth-order valence-corrected chi connectivity index (χ4v) is 3.62. The molecule has 0 aliphatic carbocycles. The maximum atomic E-state index is 12.5. The maximum Gasteiger partial charge on any atom is 0.270 e. The van der Waals surface area contributed by atoms with E-state index in [-0.39, 0.29) is 5.91 Å². The van der Waals surface area contributed by atoms with Crippen LogP contribution in [-0.2, 0) is 6.54 Å². The van der Waals surface area contributed by atoms with Crippen molar-refractivity contribution in [3.05, 3.63) is 83.3 Å². The molecule has 0 radical (unpaired) electrons. The quantitative estimate of drug-likeness (QED) is 0.461. The highest BCUT2D eigenvalue weighted by atomic mass is 35.5. The van der Waals surface area contributed by atoms with Crippen molar-refractivity contribution in [2.45, 2.75) is 6.54 Å². The van der Waals surface area contributed by atoms with E-state index in [1.54, 1.807) is 24.5 Å². The Morgan fingerprint density at radius 1 is 0.969 bits per heavy atom. The number of carbonyl (C=O) groups excluding carboxylic acids is 1. The minimum atomic E-state index is -0.262. The molecule has 5 rings (SSSR count). The molecule has 1 amide bonds. The van der Waals surface area contributed by atoms with Crippen molar-refractivity contribution in [2.75, 3.05) is 18.5 Å². The monoisotopic (exact) mass is 446 g/mol. The van der Waals surface area contributed by atoms with E-state index in [0.717, 1.165) is 22.1 Å². The third-order valence-electron chi connectivity index (χ3n) is 5.05. The number of benzene rings is 2. The number of aromatic nitrogens is 2. The summed E-state index contributed by atoms with van der Waals surface area (Å²) in [5, 5.41) is 8.68. The van der Waals surface area contributed by atoms with Crippen LogP contribution < -0.4 is 20.1 Å². The van der Waals surface area contributed by atoms with E-state index in [0.29, 0.717) is 47.7 Å². The second-order valence-electron chi connectivity index (χ2n) is 7.24. The summed E-state index contributed by atoms with van der Waals surface area (Å²) in [5.74, 6) is 1.82. The van der Waals surface area contributed by atoms with Crippen LogP contribution in [0.4, 0.5) is 11.5 Å². The number of halogens is 1. The van der Waals surface area contributed by atoms with Crippen LogP contribution in [0.25, 0.3) is 10.8 Å². The van der Waals surface area contributed by atoms with Gasteiger partial charge in [-0.25, -0.2) is 9.97 Å². The van der Waals surface area contributed by atoms with Crippen molar-refractivity contribution >= 4 is 39.8 Å². The van der Waals surface area contributed by atoms with E-state index >= 15 is 0 Å². The van der Waals surface area contributed by atoms with Gasteiger partial charge in [0.25, 0.3) is 5.91 Å². The zero-order valence-corrected chi connectivity index (χ0v) is 17.7. The van der Waals surface area contributed by atoms with Crippen LogP contribution in [0.15, 0.2) is 67.0 Å². The van der Waals surface area contributed by atoms with Crippen LogP contribution in [0.1, 0.15) is 16.1 Å². The molecule has 2 aromatic heterocycles. The molecule has 1 aliphatic heterocycles. The predicted octanol–water partition coefficient (Wildman–Crippen LogP) is 4.73. The lowest BCUT2D eigenvalue weighted by molar-refractivity contribution is 0.0946. The summed E-state index contributed by atoms with van der Waals surface area (Å²) in [5.41, 5.74) is 1.96. The van der Waals surface area contributed by atoms with Crippen LogP contribution in [-0.4, -0.2) is 29.1 Å². The molecule has 3 heterocycles. The SMILES string of the molecule is O=C(NCc1ccc2c(c1)OCCO2)c1ccc(Nc2nccc3ccc(Cl)cc23)cn1. The Morgan fingerprint density at radius 2 is 1.84 bits per heavy atom. The highest BCUT2D eigenvalue weighted by molar-refractivity contribution is 6.31. The van der Waals surface area contributed by atoms with Gasteiger partial charge in [-0.15, -0.1) is 0 Å². The number of nitrogens with one attached hydrogen (secondary N) is 2. The van der Waals surface area contributed by atoms with Crippen molar-refractivity contribution in [2.24, 2.45) is 0 Å². The molecular formula is C24H19ClN4O3. The number of anilines is 2. The van der Waals surface area contributed by atoms with Gasteiger partial charge in [-0.2, -0.15) is 0 Å². The maximum absolute atomic E-state index is 12.5. The van der Waals surface area contributed by atoms with Crippen LogP contribution >= 0.6 is 11.6 Å². The molecular weight excluding hydrogens is 428 g/mol. The Morgan fingerprint density at radius 3 is 2.69 bits per heavy atom. The van der Waals surface area contributed by atoms with Gasteiger partial charge in [-0.05, 0) is 53.4 Å². The smallest absolute Gasteiger partial charge is 0.270 e. The van der Waals surface area contributed by atoms with Crippen molar-refractivity contribution in [3.63, 3.8) is 0 Å². The van der Waals surface area contributed by atoms with Gasteiger partial charge >= 0.3 is 0 Å². The molecule has 0 spiro atoms. The first-order valence-electron chi connectivity index (χ1n) is 10.1. The number of hydrogen-bond donors (Lipinski definition) is 2. The van der Waals surface area contributed by atoms with Crippen LogP contribution in [0.5, 0.6) is 11.5 Å². The first-order chi connectivity index (χ1) is 15.7. The number of rotatable bonds is 5. The fourth-order valence-electron chi connectivity index (χ4n) is 3.45. The van der Waals surface area contributed by atoms with E-state index in [2.05, 4.69) is 20.6 Å². The van der Waals surface area contributed by atoms with Gasteiger partial charge in [0.2, 0.25) is 0 Å². The number of carbonyl (C=O) groups is 1. The number of fused-ring (bicyclic) bond motifs is 2. The summed E-state index contributed by atoms with van der Waals surface area (Å²) >= 11 is 6.13. The zero-order valence-electron chi connectivity index (χ0n) is 17.0. The summed E-state index contributed by atoms with van der Waals surface area (Å²) in [6.07, 6.45) is 3.33. The third-order valence-corrected chi connectivity index (χ3v) is 5.28. The molecule has 0 atom stereocenters. The van der Waals surface area contributed by atoms with Gasteiger partial charge in [0.05, 0.1) is 11.9 Å². The molecule has 4 aromatic rings. The van der Waals surface area contributed by atoms with Gasteiger partial charge in [-0.3, -0.25) is 4.79 Å². The largest absolute Gasteiger partial charge is 0.486 e. The van der Waals surface area contributed by atoms with Crippen molar-refractivity contribution in [1.82, 2.24) is 15.3 Å². The molecule has 160 valence electrons. The van der Waals surface area contributed by atoms with E-state index < -0.39 is 0 Å². The molecule has 0 saturated carbocycles. The number of amides is 1. The van der Waals surface area contributed by atoms with Crippen molar-refractivity contribution in [1.29, 1.82) is 0 Å². The van der Waals surface area contributed by atoms with Crippen molar-refractivity contribution in [3.8, 4) is 11.5 Å². The molecule has 32 heavy (non-hydrogen) atoms. The first kappa shape index (κ1) is 20.1. The molecule has 2 N–H and O–H groups in total. The van der Waals surface area contributed by atoms with Gasteiger partial charge in [0.1, 0.15) is 24.7 Å². The predicted molar refractivity (Wildman–Crippen MR) is 123 cm³/mol. The standard InChI is InChI=1S/C24H19ClN4O3/c25-17-3-2-16-7-8-26-23(19(16)12-17)29-18-4-5-20(27-14-18)24(30)28-13-15-1-6-21-22(11-15)32-10-9-31-21/h1-8,11-12,14H,9-10,13H2,(H,26,29)(H,28,30).